The van der Waals surface area contributed by atoms with Crippen LogP contribution in [0.2, 0.25) is 0 Å². The number of furan rings is 1. The van der Waals surface area contributed by atoms with E-state index in [-0.39, 0.29) is 0 Å². The number of pyridine rings is 2. The number of aliphatic imine (C=N–C) groups is 1. The van der Waals surface area contributed by atoms with E-state index in [9.17, 15) is 0 Å². The zero-order valence-electron chi connectivity index (χ0n) is 30.1. The summed E-state index contributed by atoms with van der Waals surface area (Å²) in [5.41, 5.74) is 9.49. The summed E-state index contributed by atoms with van der Waals surface area (Å²) in [7, 11) is 0. The number of benzene rings is 1. The van der Waals surface area contributed by atoms with Crippen LogP contribution in [0.4, 0.5) is 0 Å². The second-order valence-electron chi connectivity index (χ2n) is 13.0. The molecule has 0 bridgehead atoms. The molecule has 0 unspecified atom stereocenters. The smallest absolute Gasteiger partial charge is 0.0937 e. The number of rotatable bonds is 5. The number of allylic oxidation sites excluding steroid dienone is 1. The summed E-state index contributed by atoms with van der Waals surface area (Å²) in [6.07, 6.45) is 15.0. The highest BCUT2D eigenvalue weighted by molar-refractivity contribution is 5.81. The Bertz CT molecular complexity index is 1290. The Morgan fingerprint density at radius 1 is 0.578 bits per heavy atom. The van der Waals surface area contributed by atoms with Gasteiger partial charge in [-0.05, 0) is 95.5 Å². The SMILES string of the molecule is CC(C)C1=CCN=C1.CC(C)c1cccnc1.CC(C)c1ccncc1.CC(C)c1ccoc1.Cc1cc(C)cc(C(C)C)c1. The van der Waals surface area contributed by atoms with Crippen LogP contribution in [0.25, 0.3) is 0 Å². The molecule has 1 aliphatic heterocycles. The first-order chi connectivity index (χ1) is 21.3. The first-order valence-corrected chi connectivity index (χ1v) is 16.4. The molecule has 0 aliphatic carbocycles. The molecule has 0 N–H and O–H groups in total. The van der Waals surface area contributed by atoms with Crippen LogP contribution in [0.1, 0.15) is 126 Å². The van der Waals surface area contributed by atoms with Gasteiger partial charge in [0.25, 0.3) is 0 Å². The van der Waals surface area contributed by atoms with Gasteiger partial charge in [-0.3, -0.25) is 15.0 Å². The molecule has 0 spiro atoms. The number of aryl methyl sites for hydroxylation is 2. The van der Waals surface area contributed by atoms with Gasteiger partial charge in [-0.2, -0.15) is 0 Å². The molecule has 0 fully saturated rings. The lowest BCUT2D eigenvalue weighted by Gasteiger charge is -2.07. The summed E-state index contributed by atoms with van der Waals surface area (Å²) in [5.74, 6) is 3.11. The molecule has 4 heterocycles. The maximum atomic E-state index is 4.88. The molecule has 0 saturated heterocycles. The van der Waals surface area contributed by atoms with E-state index in [0.29, 0.717) is 29.6 Å². The minimum atomic E-state index is 0.591. The third-order valence-corrected chi connectivity index (χ3v) is 7.18. The highest BCUT2D eigenvalue weighted by Gasteiger charge is 2.02. The van der Waals surface area contributed by atoms with Crippen LogP contribution in [0.5, 0.6) is 0 Å². The predicted molar refractivity (Wildman–Crippen MR) is 196 cm³/mol. The number of nitrogens with zero attached hydrogens (tertiary/aromatic N) is 3. The van der Waals surface area contributed by atoms with Gasteiger partial charge in [-0.25, -0.2) is 0 Å². The topological polar surface area (TPSA) is 51.3 Å². The molecule has 3 aromatic heterocycles. The average molecular weight is 610 g/mol. The van der Waals surface area contributed by atoms with Gasteiger partial charge in [0.15, 0.2) is 0 Å². The average Bonchev–Trinajstić information content (AvgIpc) is 3.75. The Kier molecular flexibility index (Phi) is 19.0. The molecular weight excluding hydrogens is 550 g/mol. The van der Waals surface area contributed by atoms with Crippen molar-refractivity contribution in [2.75, 3.05) is 6.54 Å². The van der Waals surface area contributed by atoms with E-state index in [0.717, 1.165) is 6.54 Å². The molecule has 0 amide bonds. The minimum Gasteiger partial charge on any atom is -0.472 e. The minimum absolute atomic E-state index is 0.591. The van der Waals surface area contributed by atoms with Gasteiger partial charge in [0.2, 0.25) is 0 Å². The largest absolute Gasteiger partial charge is 0.472 e. The number of hydrogen-bond acceptors (Lipinski definition) is 4. The molecule has 4 nitrogen and oxygen atoms in total. The zero-order valence-corrected chi connectivity index (χ0v) is 30.1. The number of hydrogen-bond donors (Lipinski definition) is 0. The quantitative estimate of drug-likeness (QED) is 0.226. The van der Waals surface area contributed by atoms with Crippen molar-refractivity contribution in [3.8, 4) is 0 Å². The Hall–Kier alpha value is -3.79. The van der Waals surface area contributed by atoms with Crippen LogP contribution in [0.3, 0.4) is 0 Å². The monoisotopic (exact) mass is 609 g/mol. The van der Waals surface area contributed by atoms with Crippen molar-refractivity contribution >= 4 is 6.21 Å². The summed E-state index contributed by atoms with van der Waals surface area (Å²) in [5, 5.41) is 0. The fraction of sp³-hybridized carbons (Fsp3) is 0.439. The summed E-state index contributed by atoms with van der Waals surface area (Å²) in [4.78, 5) is 12.0. The second kappa shape index (κ2) is 21.8. The highest BCUT2D eigenvalue weighted by atomic mass is 16.3. The Morgan fingerprint density at radius 3 is 1.47 bits per heavy atom. The van der Waals surface area contributed by atoms with Gasteiger partial charge in [-0.15, -0.1) is 0 Å². The Morgan fingerprint density at radius 2 is 1.16 bits per heavy atom. The van der Waals surface area contributed by atoms with Gasteiger partial charge < -0.3 is 4.42 Å². The van der Waals surface area contributed by atoms with Crippen molar-refractivity contribution in [1.82, 2.24) is 9.97 Å². The van der Waals surface area contributed by atoms with Crippen molar-refractivity contribution in [2.45, 2.75) is 107 Å². The van der Waals surface area contributed by atoms with Crippen molar-refractivity contribution < 1.29 is 4.42 Å². The van der Waals surface area contributed by atoms with E-state index in [4.69, 9.17) is 4.42 Å². The van der Waals surface area contributed by atoms with Gasteiger partial charge in [0.05, 0.1) is 19.1 Å². The summed E-state index contributed by atoms with van der Waals surface area (Å²) in [6, 6.07) is 16.9. The molecule has 0 atom stereocenters. The Labute approximate surface area is 275 Å². The van der Waals surface area contributed by atoms with Gasteiger partial charge in [0.1, 0.15) is 0 Å². The van der Waals surface area contributed by atoms with Gasteiger partial charge in [0, 0.05) is 31.0 Å². The molecular formula is C41H59N3O. The fourth-order valence-corrected chi connectivity index (χ4v) is 4.17. The molecule has 1 aromatic carbocycles. The maximum Gasteiger partial charge on any atom is 0.0937 e. The van der Waals surface area contributed by atoms with E-state index in [2.05, 4.69) is 128 Å². The van der Waals surface area contributed by atoms with Crippen molar-refractivity contribution in [3.05, 3.63) is 131 Å². The van der Waals surface area contributed by atoms with Crippen molar-refractivity contribution in [1.29, 1.82) is 0 Å². The first kappa shape index (κ1) is 39.2. The molecule has 0 saturated carbocycles. The summed E-state index contributed by atoms with van der Waals surface area (Å²) >= 11 is 0. The zero-order chi connectivity index (χ0) is 33.8. The lowest BCUT2D eigenvalue weighted by Crippen LogP contribution is -1.90. The van der Waals surface area contributed by atoms with Crippen molar-refractivity contribution in [2.24, 2.45) is 10.9 Å². The molecule has 45 heavy (non-hydrogen) atoms. The highest BCUT2D eigenvalue weighted by Crippen LogP contribution is 2.17. The maximum absolute atomic E-state index is 4.88. The molecule has 4 aromatic rings. The molecule has 0 radical (unpaired) electrons. The van der Waals surface area contributed by atoms with E-state index in [1.165, 1.54) is 39.0 Å². The summed E-state index contributed by atoms with van der Waals surface area (Å²) in [6.45, 7) is 27.0. The van der Waals surface area contributed by atoms with Gasteiger partial charge in [-0.1, -0.05) is 111 Å². The van der Waals surface area contributed by atoms with E-state index < -0.39 is 0 Å². The predicted octanol–water partition coefficient (Wildman–Crippen LogP) is 11.9. The van der Waals surface area contributed by atoms with E-state index in [1.807, 2.05) is 49.1 Å². The van der Waals surface area contributed by atoms with E-state index >= 15 is 0 Å². The van der Waals surface area contributed by atoms with Crippen LogP contribution >= 0.6 is 0 Å². The number of aromatic nitrogens is 2. The van der Waals surface area contributed by atoms with Crippen LogP contribution in [0.15, 0.2) is 107 Å². The molecule has 4 heteroatoms. The first-order valence-electron chi connectivity index (χ1n) is 16.4. The normalized spacial score (nSPS) is 11.6. The third kappa shape index (κ3) is 17.3. The summed E-state index contributed by atoms with van der Waals surface area (Å²) < 4.78 is 4.88. The lowest BCUT2D eigenvalue weighted by atomic mass is 9.99. The lowest BCUT2D eigenvalue weighted by molar-refractivity contribution is 0.562. The Balaban J connectivity index is 0.000000283. The van der Waals surface area contributed by atoms with Crippen LogP contribution in [-0.2, 0) is 0 Å². The van der Waals surface area contributed by atoms with Crippen molar-refractivity contribution in [3.63, 3.8) is 0 Å². The molecule has 1 aliphatic rings. The fourth-order valence-electron chi connectivity index (χ4n) is 4.17. The second-order valence-corrected chi connectivity index (χ2v) is 13.0. The van der Waals surface area contributed by atoms with Crippen LogP contribution < -0.4 is 0 Å². The van der Waals surface area contributed by atoms with Crippen LogP contribution in [0, 0.1) is 19.8 Å². The third-order valence-electron chi connectivity index (χ3n) is 7.18. The van der Waals surface area contributed by atoms with Gasteiger partial charge >= 0.3 is 0 Å². The molecule has 5 rings (SSSR count). The molecule has 244 valence electrons. The standard InChI is InChI=1S/C11H16.2C8H11N.C7H11N.C7H10O/c1-8(2)11-6-9(3)5-10(4)7-11;1-7(2)8-3-5-9-6-4-8;1-7(2)8-4-3-5-9-6-8;2*1-6(2)7-3-4-8-5-7/h5-8H,1-4H3;2*3-7H,1-2H3;3,5-6H,4H2,1-2H3;3-6H,1-2H3. The van der Waals surface area contributed by atoms with E-state index in [1.54, 1.807) is 18.7 Å². The van der Waals surface area contributed by atoms with Crippen LogP contribution in [-0.4, -0.2) is 22.7 Å².